The van der Waals surface area contributed by atoms with Crippen LogP contribution in [-0.2, 0) is 6.54 Å². The summed E-state index contributed by atoms with van der Waals surface area (Å²) in [6.45, 7) is 5.21. The van der Waals surface area contributed by atoms with Gasteiger partial charge in [-0.2, -0.15) is 0 Å². The molecule has 0 amide bonds. The molecule has 19 heavy (non-hydrogen) atoms. The van der Waals surface area contributed by atoms with Crippen molar-refractivity contribution in [2.75, 3.05) is 11.4 Å². The second-order valence-electron chi connectivity index (χ2n) is 4.40. The first-order valence-corrected chi connectivity index (χ1v) is 6.39. The average Bonchev–Trinajstić information content (AvgIpc) is 2.40. The predicted molar refractivity (Wildman–Crippen MR) is 77.7 cm³/mol. The number of aromatic nitrogens is 1. The predicted octanol–water partition coefficient (Wildman–Crippen LogP) is 2.71. The zero-order chi connectivity index (χ0) is 13.8. The zero-order valence-electron chi connectivity index (χ0n) is 11.3. The molecule has 0 fully saturated rings. The minimum absolute atomic E-state index is 0.248. The summed E-state index contributed by atoms with van der Waals surface area (Å²) in [6.07, 6.45) is 0. The highest BCUT2D eigenvalue weighted by atomic mass is 16.3. The average molecular weight is 257 g/mol. The lowest BCUT2D eigenvalue weighted by atomic mass is 10.2. The Hall–Kier alpha value is -2.07. The first-order chi connectivity index (χ1) is 9.15. The Morgan fingerprint density at radius 2 is 2.05 bits per heavy atom. The van der Waals surface area contributed by atoms with Crippen molar-refractivity contribution < 1.29 is 5.11 Å². The standard InChI is InChI=1S/C15H19N3O/c1-3-18(13-5-4-6-14(19)9-13)15-12(10-16)8-7-11(2)17-15/h4-9,19H,3,10,16H2,1-2H3. The lowest BCUT2D eigenvalue weighted by Crippen LogP contribution is -2.20. The summed E-state index contributed by atoms with van der Waals surface area (Å²) < 4.78 is 0. The first-order valence-electron chi connectivity index (χ1n) is 6.39. The number of aromatic hydroxyl groups is 1. The number of pyridine rings is 1. The van der Waals surface area contributed by atoms with Crippen molar-refractivity contribution in [3.63, 3.8) is 0 Å². The number of nitrogens with two attached hydrogens (primary N) is 1. The Labute approximate surface area is 113 Å². The van der Waals surface area contributed by atoms with Crippen LogP contribution in [0.5, 0.6) is 5.75 Å². The van der Waals surface area contributed by atoms with E-state index >= 15 is 0 Å². The summed E-state index contributed by atoms with van der Waals surface area (Å²) >= 11 is 0. The summed E-state index contributed by atoms with van der Waals surface area (Å²) in [7, 11) is 0. The maximum atomic E-state index is 9.61. The lowest BCUT2D eigenvalue weighted by molar-refractivity contribution is 0.475. The maximum absolute atomic E-state index is 9.61. The Bertz CT molecular complexity index is 569. The van der Waals surface area contributed by atoms with Crippen LogP contribution in [0, 0.1) is 6.92 Å². The molecular weight excluding hydrogens is 238 g/mol. The largest absolute Gasteiger partial charge is 0.508 e. The minimum atomic E-state index is 0.248. The number of benzene rings is 1. The van der Waals surface area contributed by atoms with E-state index in [0.717, 1.165) is 29.3 Å². The molecule has 0 aliphatic heterocycles. The number of phenolic OH excluding ortho intramolecular Hbond substituents is 1. The van der Waals surface area contributed by atoms with E-state index in [1.807, 2.05) is 38.1 Å². The number of rotatable bonds is 4. The van der Waals surface area contributed by atoms with Gasteiger partial charge in [0, 0.05) is 36.1 Å². The molecule has 0 aliphatic rings. The Morgan fingerprint density at radius 1 is 1.26 bits per heavy atom. The summed E-state index contributed by atoms with van der Waals surface area (Å²) in [5.74, 6) is 1.11. The summed E-state index contributed by atoms with van der Waals surface area (Å²) in [4.78, 5) is 6.64. The molecule has 0 spiro atoms. The molecule has 100 valence electrons. The van der Waals surface area contributed by atoms with Gasteiger partial charge >= 0.3 is 0 Å². The van der Waals surface area contributed by atoms with E-state index in [1.165, 1.54) is 0 Å². The van der Waals surface area contributed by atoms with E-state index in [-0.39, 0.29) is 5.75 Å². The normalized spacial score (nSPS) is 10.5. The molecule has 4 nitrogen and oxygen atoms in total. The maximum Gasteiger partial charge on any atom is 0.137 e. The van der Waals surface area contributed by atoms with Crippen LogP contribution < -0.4 is 10.6 Å². The number of aryl methyl sites for hydroxylation is 1. The van der Waals surface area contributed by atoms with Crippen LogP contribution in [0.1, 0.15) is 18.2 Å². The van der Waals surface area contributed by atoms with Crippen LogP contribution in [0.2, 0.25) is 0 Å². The van der Waals surface area contributed by atoms with E-state index in [1.54, 1.807) is 12.1 Å². The first kappa shape index (κ1) is 13.4. The molecular formula is C15H19N3O. The van der Waals surface area contributed by atoms with E-state index < -0.39 is 0 Å². The van der Waals surface area contributed by atoms with Gasteiger partial charge < -0.3 is 15.7 Å². The minimum Gasteiger partial charge on any atom is -0.508 e. The van der Waals surface area contributed by atoms with Crippen LogP contribution in [0.25, 0.3) is 0 Å². The van der Waals surface area contributed by atoms with Crippen molar-refractivity contribution in [1.82, 2.24) is 4.98 Å². The van der Waals surface area contributed by atoms with Crippen molar-refractivity contribution in [2.24, 2.45) is 5.73 Å². The van der Waals surface area contributed by atoms with Crippen molar-refractivity contribution in [2.45, 2.75) is 20.4 Å². The number of hydrogen-bond acceptors (Lipinski definition) is 4. The van der Waals surface area contributed by atoms with E-state index in [2.05, 4.69) is 9.88 Å². The third-order valence-corrected chi connectivity index (χ3v) is 3.03. The molecule has 0 radical (unpaired) electrons. The van der Waals surface area contributed by atoms with Crippen LogP contribution in [0.4, 0.5) is 11.5 Å². The fourth-order valence-corrected chi connectivity index (χ4v) is 2.08. The van der Waals surface area contributed by atoms with E-state index in [4.69, 9.17) is 5.73 Å². The molecule has 3 N–H and O–H groups in total. The molecule has 0 unspecified atom stereocenters. The van der Waals surface area contributed by atoms with Gasteiger partial charge in [0.25, 0.3) is 0 Å². The highest BCUT2D eigenvalue weighted by Gasteiger charge is 2.13. The molecule has 0 bridgehead atoms. The summed E-state index contributed by atoms with van der Waals surface area (Å²) in [5.41, 5.74) is 8.64. The molecule has 0 aliphatic carbocycles. The third kappa shape index (κ3) is 2.85. The molecule has 0 atom stereocenters. The van der Waals surface area contributed by atoms with Crippen LogP contribution in [0.15, 0.2) is 36.4 Å². The second kappa shape index (κ2) is 5.71. The van der Waals surface area contributed by atoms with Gasteiger partial charge in [0.15, 0.2) is 0 Å². The van der Waals surface area contributed by atoms with Crippen LogP contribution in [0.3, 0.4) is 0 Å². The van der Waals surface area contributed by atoms with Crippen LogP contribution in [-0.4, -0.2) is 16.6 Å². The van der Waals surface area contributed by atoms with Gasteiger partial charge in [-0.25, -0.2) is 4.98 Å². The molecule has 4 heteroatoms. The number of nitrogens with zero attached hydrogens (tertiary/aromatic N) is 2. The fraction of sp³-hybridized carbons (Fsp3) is 0.267. The molecule has 1 aromatic carbocycles. The van der Waals surface area contributed by atoms with Gasteiger partial charge in [-0.05, 0) is 32.0 Å². The molecule has 1 heterocycles. The van der Waals surface area contributed by atoms with Gasteiger partial charge in [0.2, 0.25) is 0 Å². The van der Waals surface area contributed by atoms with Gasteiger partial charge in [-0.3, -0.25) is 0 Å². The number of anilines is 2. The van der Waals surface area contributed by atoms with E-state index in [9.17, 15) is 5.11 Å². The fourth-order valence-electron chi connectivity index (χ4n) is 2.08. The molecule has 1 aromatic heterocycles. The highest BCUT2D eigenvalue weighted by molar-refractivity contribution is 5.64. The molecule has 2 rings (SSSR count). The number of hydrogen-bond donors (Lipinski definition) is 2. The monoisotopic (exact) mass is 257 g/mol. The second-order valence-corrected chi connectivity index (χ2v) is 4.40. The summed E-state index contributed by atoms with van der Waals surface area (Å²) in [6, 6.07) is 11.1. The topological polar surface area (TPSA) is 62.4 Å². The number of phenols is 1. The van der Waals surface area contributed by atoms with Crippen molar-refractivity contribution in [1.29, 1.82) is 0 Å². The van der Waals surface area contributed by atoms with Gasteiger partial charge in [-0.15, -0.1) is 0 Å². The van der Waals surface area contributed by atoms with E-state index in [0.29, 0.717) is 6.54 Å². The Morgan fingerprint density at radius 3 is 2.68 bits per heavy atom. The van der Waals surface area contributed by atoms with Crippen molar-refractivity contribution >= 4 is 11.5 Å². The van der Waals surface area contributed by atoms with Gasteiger partial charge in [-0.1, -0.05) is 12.1 Å². The summed E-state index contributed by atoms with van der Waals surface area (Å²) in [5, 5.41) is 9.61. The van der Waals surface area contributed by atoms with Crippen molar-refractivity contribution in [3.8, 4) is 5.75 Å². The van der Waals surface area contributed by atoms with Gasteiger partial charge in [0.05, 0.1) is 0 Å². The SMILES string of the molecule is CCN(c1cccc(O)c1)c1nc(C)ccc1CN. The Kier molecular flexibility index (Phi) is 4.02. The zero-order valence-corrected chi connectivity index (χ0v) is 11.3. The van der Waals surface area contributed by atoms with Crippen molar-refractivity contribution in [3.05, 3.63) is 47.7 Å². The quantitative estimate of drug-likeness (QED) is 0.884. The van der Waals surface area contributed by atoms with Crippen LogP contribution >= 0.6 is 0 Å². The highest BCUT2D eigenvalue weighted by Crippen LogP contribution is 2.28. The molecule has 0 saturated carbocycles. The van der Waals surface area contributed by atoms with Gasteiger partial charge in [0.1, 0.15) is 11.6 Å². The molecule has 2 aromatic rings. The Balaban J connectivity index is 2.50. The lowest BCUT2D eigenvalue weighted by Gasteiger charge is -2.24. The molecule has 0 saturated heterocycles. The third-order valence-electron chi connectivity index (χ3n) is 3.03. The smallest absolute Gasteiger partial charge is 0.137 e.